The Hall–Kier alpha value is -3.13. The predicted octanol–water partition coefficient (Wildman–Crippen LogP) is 3.84. The van der Waals surface area contributed by atoms with Gasteiger partial charge in [0, 0.05) is 53.9 Å². The lowest BCUT2D eigenvalue weighted by atomic mass is 9.81. The molecule has 34 heavy (non-hydrogen) atoms. The van der Waals surface area contributed by atoms with Gasteiger partial charge in [-0.05, 0) is 50.8 Å². The molecular weight excluding hydrogens is 424 g/mol. The molecule has 178 valence electrons. The van der Waals surface area contributed by atoms with Gasteiger partial charge in [0.15, 0.2) is 5.65 Å². The molecule has 1 atom stereocenters. The third kappa shape index (κ3) is 3.60. The Bertz CT molecular complexity index is 1340. The van der Waals surface area contributed by atoms with E-state index in [0.29, 0.717) is 5.92 Å². The third-order valence-electron chi connectivity index (χ3n) is 7.60. The molecule has 2 aliphatic rings. The van der Waals surface area contributed by atoms with Crippen LogP contribution in [0.5, 0.6) is 0 Å². The van der Waals surface area contributed by atoms with Gasteiger partial charge in [-0.1, -0.05) is 32.0 Å². The van der Waals surface area contributed by atoms with E-state index in [0.717, 1.165) is 68.5 Å². The maximum atomic E-state index is 5.05. The Kier molecular flexibility index (Phi) is 5.02. The van der Waals surface area contributed by atoms with Crippen molar-refractivity contribution in [3.05, 3.63) is 47.3 Å². The highest BCUT2D eigenvalue weighted by molar-refractivity contribution is 5.85. The van der Waals surface area contributed by atoms with Crippen molar-refractivity contribution in [1.29, 1.82) is 0 Å². The summed E-state index contributed by atoms with van der Waals surface area (Å²) in [5, 5.41) is 9.88. The van der Waals surface area contributed by atoms with E-state index in [2.05, 4.69) is 72.2 Å². The summed E-state index contributed by atoms with van der Waals surface area (Å²) in [6, 6.07) is 8.63. The van der Waals surface area contributed by atoms with E-state index in [1.807, 2.05) is 10.7 Å². The number of hydrogen-bond donors (Lipinski definition) is 2. The van der Waals surface area contributed by atoms with Crippen LogP contribution in [-0.4, -0.2) is 68.2 Å². The van der Waals surface area contributed by atoms with E-state index in [1.165, 1.54) is 22.2 Å². The zero-order valence-corrected chi connectivity index (χ0v) is 20.6. The number of likely N-dealkylation sites (N-methyl/N-ethyl adjacent to an activating group) is 1. The van der Waals surface area contributed by atoms with Crippen molar-refractivity contribution in [3.63, 3.8) is 0 Å². The van der Waals surface area contributed by atoms with Crippen LogP contribution in [0.25, 0.3) is 16.6 Å². The lowest BCUT2D eigenvalue weighted by molar-refractivity contribution is 0.311. The summed E-state index contributed by atoms with van der Waals surface area (Å²) in [7, 11) is 2.17. The minimum absolute atomic E-state index is 0.122. The number of nitrogens with one attached hydrogen (secondary N) is 2. The van der Waals surface area contributed by atoms with E-state index in [9.17, 15) is 0 Å². The number of para-hydroxylation sites is 1. The zero-order valence-electron chi connectivity index (χ0n) is 20.6. The van der Waals surface area contributed by atoms with Gasteiger partial charge in [-0.25, -0.2) is 0 Å². The maximum absolute atomic E-state index is 5.05. The molecule has 8 nitrogen and oxygen atoms in total. The fourth-order valence-corrected chi connectivity index (χ4v) is 5.45. The summed E-state index contributed by atoms with van der Waals surface area (Å²) < 4.78 is 1.91. The van der Waals surface area contributed by atoms with Crippen LogP contribution >= 0.6 is 0 Å². The molecule has 8 heteroatoms. The van der Waals surface area contributed by atoms with Crippen LogP contribution in [0.2, 0.25) is 0 Å². The number of anilines is 2. The average molecular weight is 459 g/mol. The molecule has 6 rings (SSSR count). The smallest absolute Gasteiger partial charge is 0.230 e. The van der Waals surface area contributed by atoms with E-state index < -0.39 is 0 Å². The Balaban J connectivity index is 1.39. The van der Waals surface area contributed by atoms with Crippen LogP contribution in [-0.2, 0) is 12.8 Å². The quantitative estimate of drug-likeness (QED) is 0.484. The van der Waals surface area contributed by atoms with Crippen LogP contribution in [0.3, 0.4) is 0 Å². The Morgan fingerprint density at radius 1 is 1.09 bits per heavy atom. The monoisotopic (exact) mass is 458 g/mol. The van der Waals surface area contributed by atoms with Crippen molar-refractivity contribution in [2.45, 2.75) is 51.5 Å². The minimum atomic E-state index is -0.122. The second kappa shape index (κ2) is 7.98. The summed E-state index contributed by atoms with van der Waals surface area (Å²) in [6.07, 6.45) is 4.94. The van der Waals surface area contributed by atoms with E-state index >= 15 is 0 Å². The van der Waals surface area contributed by atoms with Gasteiger partial charge in [0.25, 0.3) is 0 Å². The molecule has 1 aliphatic carbocycles. The normalized spacial score (nSPS) is 21.5. The SMILES string of the molecule is CC(C)c1cnn2c(N[C@@]3(C)CCc4[nH]c5ccccc5c4C3)nc(N3CCN(C)CC3)nc12. The van der Waals surface area contributed by atoms with Crippen LogP contribution in [0.4, 0.5) is 11.9 Å². The Labute approximate surface area is 200 Å². The molecule has 1 aromatic carbocycles. The molecule has 2 N–H and O–H groups in total. The van der Waals surface area contributed by atoms with Crippen molar-refractivity contribution in [3.8, 4) is 0 Å². The summed E-state index contributed by atoms with van der Waals surface area (Å²) in [4.78, 5) is 18.3. The molecular formula is C26H34N8. The summed E-state index contributed by atoms with van der Waals surface area (Å²) in [5.41, 5.74) is 5.97. The second-order valence-electron chi connectivity index (χ2n) is 10.6. The van der Waals surface area contributed by atoms with Gasteiger partial charge in [-0.3, -0.25) is 0 Å². The van der Waals surface area contributed by atoms with Gasteiger partial charge in [-0.15, -0.1) is 0 Å². The number of aromatic amines is 1. The molecule has 0 amide bonds. The second-order valence-corrected chi connectivity index (χ2v) is 10.6. The van der Waals surface area contributed by atoms with Crippen molar-refractivity contribution >= 4 is 28.4 Å². The number of aryl methyl sites for hydroxylation is 1. The van der Waals surface area contributed by atoms with E-state index in [-0.39, 0.29) is 5.54 Å². The highest BCUT2D eigenvalue weighted by Crippen LogP contribution is 2.36. The maximum Gasteiger partial charge on any atom is 0.230 e. The molecule has 0 unspecified atom stereocenters. The number of nitrogens with zero attached hydrogens (tertiary/aromatic N) is 6. The summed E-state index contributed by atoms with van der Waals surface area (Å²) in [6.45, 7) is 10.6. The van der Waals surface area contributed by atoms with Crippen LogP contribution < -0.4 is 10.2 Å². The standard InChI is InChI=1S/C26H34N8/c1-17(2)20-16-27-34-23(20)29-24(33-13-11-32(4)12-14-33)30-25(34)31-26(3)10-9-22-19(15-26)18-7-5-6-8-21(18)28-22/h5-8,16-17,28H,9-15H2,1-4H3,(H,29,30,31)/t26-/m0/s1. The van der Waals surface area contributed by atoms with Gasteiger partial charge >= 0.3 is 0 Å². The van der Waals surface area contributed by atoms with E-state index in [4.69, 9.17) is 15.1 Å². The first-order valence-electron chi connectivity index (χ1n) is 12.5. The number of hydrogen-bond acceptors (Lipinski definition) is 6. The number of aromatic nitrogens is 5. The minimum Gasteiger partial charge on any atom is -0.358 e. The highest BCUT2D eigenvalue weighted by Gasteiger charge is 2.34. The molecule has 0 spiro atoms. The van der Waals surface area contributed by atoms with Crippen LogP contribution in [0.15, 0.2) is 30.5 Å². The van der Waals surface area contributed by atoms with Crippen LogP contribution in [0, 0.1) is 0 Å². The number of H-pyrrole nitrogens is 1. The van der Waals surface area contributed by atoms with Gasteiger partial charge < -0.3 is 20.1 Å². The summed E-state index contributed by atoms with van der Waals surface area (Å²) >= 11 is 0. The fourth-order valence-electron chi connectivity index (χ4n) is 5.45. The van der Waals surface area contributed by atoms with Crippen molar-refractivity contribution in [2.75, 3.05) is 43.4 Å². The lowest BCUT2D eigenvalue weighted by Gasteiger charge is -2.36. The van der Waals surface area contributed by atoms with Crippen molar-refractivity contribution < 1.29 is 0 Å². The van der Waals surface area contributed by atoms with Crippen molar-refractivity contribution in [1.82, 2.24) is 29.5 Å². The first kappa shape index (κ1) is 21.4. The average Bonchev–Trinajstić information content (AvgIpc) is 3.41. The molecule has 3 aromatic heterocycles. The number of fused-ring (bicyclic) bond motifs is 4. The number of piperazine rings is 1. The van der Waals surface area contributed by atoms with Gasteiger partial charge in [0.05, 0.1) is 6.20 Å². The zero-order chi connectivity index (χ0) is 23.4. The topological polar surface area (TPSA) is 77.4 Å². The number of benzene rings is 1. The molecule has 1 aliphatic heterocycles. The first-order chi connectivity index (χ1) is 16.4. The van der Waals surface area contributed by atoms with Gasteiger partial charge in [0.1, 0.15) is 0 Å². The number of rotatable bonds is 4. The Morgan fingerprint density at radius 3 is 2.68 bits per heavy atom. The van der Waals surface area contributed by atoms with Crippen molar-refractivity contribution in [2.24, 2.45) is 0 Å². The highest BCUT2D eigenvalue weighted by atomic mass is 15.4. The molecule has 1 saturated heterocycles. The van der Waals surface area contributed by atoms with Gasteiger partial charge in [-0.2, -0.15) is 19.6 Å². The molecule has 4 heterocycles. The molecule has 0 bridgehead atoms. The van der Waals surface area contributed by atoms with Crippen LogP contribution in [0.1, 0.15) is 49.9 Å². The molecule has 0 radical (unpaired) electrons. The van der Waals surface area contributed by atoms with Gasteiger partial charge in [0.2, 0.25) is 11.9 Å². The molecule has 0 saturated carbocycles. The molecule has 1 fully saturated rings. The largest absolute Gasteiger partial charge is 0.358 e. The first-order valence-corrected chi connectivity index (χ1v) is 12.5. The molecule has 4 aromatic rings. The predicted molar refractivity (Wildman–Crippen MR) is 137 cm³/mol. The summed E-state index contributed by atoms with van der Waals surface area (Å²) in [5.74, 6) is 1.94. The lowest BCUT2D eigenvalue weighted by Crippen LogP contribution is -2.45. The fraction of sp³-hybridized carbons (Fsp3) is 0.500. The van der Waals surface area contributed by atoms with E-state index in [1.54, 1.807) is 0 Å². The Morgan fingerprint density at radius 2 is 1.88 bits per heavy atom. The third-order valence-corrected chi connectivity index (χ3v) is 7.60.